The fourth-order valence-corrected chi connectivity index (χ4v) is 4.53. The molecule has 146 valence electrons. The second-order valence-corrected chi connectivity index (χ2v) is 7.73. The summed E-state index contributed by atoms with van der Waals surface area (Å²) in [5.41, 5.74) is 7.15. The van der Waals surface area contributed by atoms with Crippen LogP contribution < -0.4 is 0 Å². The van der Waals surface area contributed by atoms with Crippen molar-refractivity contribution in [1.82, 2.24) is 15.0 Å². The first-order valence-electron chi connectivity index (χ1n) is 10.4. The number of nitrogens with zero attached hydrogens (tertiary/aromatic N) is 3. The lowest BCUT2D eigenvalue weighted by Gasteiger charge is -2.18. The summed E-state index contributed by atoms with van der Waals surface area (Å²) in [6.07, 6.45) is 3.76. The quantitative estimate of drug-likeness (QED) is 0.296. The van der Waals surface area contributed by atoms with E-state index in [9.17, 15) is 0 Å². The molecular formula is C28H19N3. The van der Waals surface area contributed by atoms with E-state index in [2.05, 4.69) is 59.6 Å². The molecule has 0 N–H and O–H groups in total. The molecule has 0 aliphatic carbocycles. The molecule has 31 heavy (non-hydrogen) atoms. The number of aromatic nitrogens is 3. The zero-order chi connectivity index (χ0) is 20.8. The number of hydrogen-bond acceptors (Lipinski definition) is 3. The van der Waals surface area contributed by atoms with E-state index < -0.39 is 0 Å². The van der Waals surface area contributed by atoms with Crippen molar-refractivity contribution >= 4 is 32.6 Å². The zero-order valence-corrected chi connectivity index (χ0v) is 17.1. The Bertz CT molecular complexity index is 1530. The maximum atomic E-state index is 5.07. The van der Waals surface area contributed by atoms with Gasteiger partial charge in [0.1, 0.15) is 0 Å². The summed E-state index contributed by atoms with van der Waals surface area (Å²) in [4.78, 5) is 14.3. The van der Waals surface area contributed by atoms with Crippen molar-refractivity contribution in [3.63, 3.8) is 0 Å². The van der Waals surface area contributed by atoms with Gasteiger partial charge in [0.15, 0.2) is 0 Å². The third-order valence-electron chi connectivity index (χ3n) is 5.86. The van der Waals surface area contributed by atoms with Gasteiger partial charge in [-0.25, -0.2) is 9.97 Å². The standard InChI is InChI=1S/C28H19N3/c1-18-28(31-25-15-7-6-14-24(25)30-18)27-22-12-4-2-10-20(22)26(19-9-8-16-29-17-19)21-11-3-5-13-23(21)27/h2-17H,1H3. The van der Waals surface area contributed by atoms with Gasteiger partial charge in [0.25, 0.3) is 0 Å². The molecule has 3 nitrogen and oxygen atoms in total. The van der Waals surface area contributed by atoms with Crippen molar-refractivity contribution in [2.75, 3.05) is 0 Å². The molecule has 0 atom stereocenters. The number of aryl methyl sites for hydroxylation is 1. The van der Waals surface area contributed by atoms with E-state index in [1.54, 1.807) is 0 Å². The molecule has 0 spiro atoms. The average Bonchev–Trinajstić information content (AvgIpc) is 2.83. The molecule has 3 heteroatoms. The lowest BCUT2D eigenvalue weighted by Crippen LogP contribution is -1.97. The van der Waals surface area contributed by atoms with Crippen LogP contribution in [0, 0.1) is 6.92 Å². The van der Waals surface area contributed by atoms with Crippen LogP contribution >= 0.6 is 0 Å². The summed E-state index contributed by atoms with van der Waals surface area (Å²) in [7, 11) is 0. The number of para-hydroxylation sites is 2. The summed E-state index contributed by atoms with van der Waals surface area (Å²) < 4.78 is 0. The zero-order valence-electron chi connectivity index (χ0n) is 17.1. The Morgan fingerprint density at radius 3 is 1.68 bits per heavy atom. The molecule has 0 radical (unpaired) electrons. The number of fused-ring (bicyclic) bond motifs is 3. The maximum Gasteiger partial charge on any atom is 0.0934 e. The van der Waals surface area contributed by atoms with Crippen molar-refractivity contribution in [3.8, 4) is 22.4 Å². The van der Waals surface area contributed by atoms with Crippen LogP contribution in [-0.4, -0.2) is 15.0 Å². The van der Waals surface area contributed by atoms with E-state index in [0.29, 0.717) is 0 Å². The first-order chi connectivity index (χ1) is 15.3. The molecule has 0 fully saturated rings. The number of benzene rings is 4. The average molecular weight is 397 g/mol. The van der Waals surface area contributed by atoms with Gasteiger partial charge < -0.3 is 0 Å². The molecule has 0 saturated heterocycles. The van der Waals surface area contributed by atoms with Crippen molar-refractivity contribution in [2.45, 2.75) is 6.92 Å². The fraction of sp³-hybridized carbons (Fsp3) is 0.0357. The van der Waals surface area contributed by atoms with Crippen molar-refractivity contribution in [2.24, 2.45) is 0 Å². The van der Waals surface area contributed by atoms with Crippen molar-refractivity contribution in [1.29, 1.82) is 0 Å². The minimum Gasteiger partial charge on any atom is -0.264 e. The molecule has 6 rings (SSSR count). The van der Waals surface area contributed by atoms with Gasteiger partial charge in [-0.1, -0.05) is 66.7 Å². The molecule has 0 amide bonds. The van der Waals surface area contributed by atoms with E-state index in [0.717, 1.165) is 33.5 Å². The van der Waals surface area contributed by atoms with Gasteiger partial charge in [-0.05, 0) is 52.2 Å². The van der Waals surface area contributed by atoms with Gasteiger partial charge in [0.2, 0.25) is 0 Å². The molecule has 0 aliphatic heterocycles. The van der Waals surface area contributed by atoms with Gasteiger partial charge >= 0.3 is 0 Å². The summed E-state index contributed by atoms with van der Waals surface area (Å²) in [5.74, 6) is 0. The molecule has 2 heterocycles. The van der Waals surface area contributed by atoms with E-state index in [-0.39, 0.29) is 0 Å². The minimum atomic E-state index is 0.910. The van der Waals surface area contributed by atoms with Crippen LogP contribution in [-0.2, 0) is 0 Å². The third kappa shape index (κ3) is 2.78. The summed E-state index contributed by atoms with van der Waals surface area (Å²) in [5, 5.41) is 4.73. The second-order valence-electron chi connectivity index (χ2n) is 7.73. The molecule has 0 bridgehead atoms. The number of rotatable bonds is 2. The predicted molar refractivity (Wildman–Crippen MR) is 128 cm³/mol. The lowest BCUT2D eigenvalue weighted by molar-refractivity contribution is 1.19. The Morgan fingerprint density at radius 2 is 1.10 bits per heavy atom. The molecular weight excluding hydrogens is 378 g/mol. The number of hydrogen-bond donors (Lipinski definition) is 0. The second kappa shape index (κ2) is 6.99. The number of pyridine rings is 1. The van der Waals surface area contributed by atoms with Crippen LogP contribution in [0.2, 0.25) is 0 Å². The largest absolute Gasteiger partial charge is 0.264 e. The van der Waals surface area contributed by atoms with Gasteiger partial charge in [-0.2, -0.15) is 0 Å². The Kier molecular flexibility index (Phi) is 4.00. The highest BCUT2D eigenvalue weighted by Crippen LogP contribution is 2.43. The van der Waals surface area contributed by atoms with Crippen molar-refractivity contribution in [3.05, 3.63) is 103 Å². The highest BCUT2D eigenvalue weighted by molar-refractivity contribution is 6.21. The van der Waals surface area contributed by atoms with Gasteiger partial charge in [0.05, 0.1) is 22.4 Å². The van der Waals surface area contributed by atoms with Crippen LogP contribution in [0.4, 0.5) is 0 Å². The van der Waals surface area contributed by atoms with E-state index in [4.69, 9.17) is 9.97 Å². The Labute approximate surface area is 180 Å². The maximum absolute atomic E-state index is 5.07. The topological polar surface area (TPSA) is 38.7 Å². The lowest BCUT2D eigenvalue weighted by atomic mass is 9.87. The third-order valence-corrected chi connectivity index (χ3v) is 5.86. The highest BCUT2D eigenvalue weighted by Gasteiger charge is 2.19. The Morgan fingerprint density at radius 1 is 0.548 bits per heavy atom. The summed E-state index contributed by atoms with van der Waals surface area (Å²) in [6.45, 7) is 2.05. The summed E-state index contributed by atoms with van der Waals surface area (Å²) >= 11 is 0. The smallest absolute Gasteiger partial charge is 0.0934 e. The van der Waals surface area contributed by atoms with Crippen LogP contribution in [0.15, 0.2) is 97.3 Å². The van der Waals surface area contributed by atoms with Crippen LogP contribution in [0.5, 0.6) is 0 Å². The Hall–Kier alpha value is -4.11. The van der Waals surface area contributed by atoms with Crippen LogP contribution in [0.1, 0.15) is 5.69 Å². The van der Waals surface area contributed by atoms with Crippen LogP contribution in [0.25, 0.3) is 55.0 Å². The molecule has 6 aromatic rings. The molecule has 0 saturated carbocycles. The molecule has 0 aliphatic rings. The predicted octanol–water partition coefficient (Wildman–Crippen LogP) is 6.97. The van der Waals surface area contributed by atoms with Gasteiger partial charge in [-0.15, -0.1) is 0 Å². The van der Waals surface area contributed by atoms with E-state index in [1.807, 2.05) is 49.6 Å². The highest BCUT2D eigenvalue weighted by atomic mass is 14.8. The SMILES string of the molecule is Cc1nc2ccccc2nc1-c1c2ccccc2c(-c2cccnc2)c2ccccc12. The van der Waals surface area contributed by atoms with E-state index >= 15 is 0 Å². The van der Waals surface area contributed by atoms with Crippen LogP contribution in [0.3, 0.4) is 0 Å². The Balaban J connectivity index is 1.81. The summed E-state index contributed by atoms with van der Waals surface area (Å²) in [6, 6.07) is 29.3. The van der Waals surface area contributed by atoms with E-state index in [1.165, 1.54) is 27.1 Å². The normalized spacial score (nSPS) is 11.4. The van der Waals surface area contributed by atoms with Gasteiger partial charge in [0, 0.05) is 23.5 Å². The van der Waals surface area contributed by atoms with Gasteiger partial charge in [-0.3, -0.25) is 4.98 Å². The first kappa shape index (κ1) is 17.7. The first-order valence-corrected chi connectivity index (χ1v) is 10.4. The molecule has 2 aromatic heterocycles. The monoisotopic (exact) mass is 397 g/mol. The molecule has 4 aromatic carbocycles. The minimum absolute atomic E-state index is 0.910. The fourth-order valence-electron chi connectivity index (χ4n) is 4.53. The van der Waals surface area contributed by atoms with Crippen molar-refractivity contribution < 1.29 is 0 Å². The molecule has 0 unspecified atom stereocenters.